The number of rotatable bonds is 8. The number of nitrogens with zero attached hydrogens (tertiary/aromatic N) is 1. The van der Waals surface area contributed by atoms with Crippen molar-refractivity contribution in [1.29, 1.82) is 0 Å². The number of hydrogen-bond donors (Lipinski definition) is 4. The van der Waals surface area contributed by atoms with Crippen LogP contribution in [0.4, 0.5) is 0 Å². The summed E-state index contributed by atoms with van der Waals surface area (Å²) < 4.78 is 5.67. The molecule has 5 N–H and O–H groups in total. The van der Waals surface area contributed by atoms with Gasteiger partial charge in [-0.2, -0.15) is 0 Å². The van der Waals surface area contributed by atoms with Crippen molar-refractivity contribution in [2.75, 3.05) is 26.3 Å². The minimum Gasteiger partial charge on any atom is -0.508 e. The van der Waals surface area contributed by atoms with Gasteiger partial charge in [-0.3, -0.25) is 9.59 Å². The highest BCUT2D eigenvalue weighted by atomic mass is 16.5. The molecule has 3 aliphatic rings. The molecule has 8 heteroatoms. The van der Waals surface area contributed by atoms with Gasteiger partial charge >= 0.3 is 0 Å². The van der Waals surface area contributed by atoms with Crippen molar-refractivity contribution in [3.63, 3.8) is 0 Å². The predicted molar refractivity (Wildman–Crippen MR) is 127 cm³/mol. The van der Waals surface area contributed by atoms with E-state index in [-0.39, 0.29) is 30.2 Å². The molecule has 0 aliphatic carbocycles. The third-order valence-corrected chi connectivity index (χ3v) is 6.78. The monoisotopic (exact) mass is 467 g/mol. The number of phenolic OH excluding ortho intramolecular Hbond substituents is 1. The van der Waals surface area contributed by atoms with Crippen LogP contribution in [-0.4, -0.2) is 65.4 Å². The zero-order valence-electron chi connectivity index (χ0n) is 19.3. The molecule has 34 heavy (non-hydrogen) atoms. The molecule has 0 spiro atoms. The Labute approximate surface area is 199 Å². The van der Waals surface area contributed by atoms with Crippen LogP contribution in [0.1, 0.15) is 51.1 Å². The summed E-state index contributed by atoms with van der Waals surface area (Å²) in [5.74, 6) is 0.244. The number of aliphatic hydroxyl groups is 1. The Morgan fingerprint density at radius 1 is 1.09 bits per heavy atom. The summed E-state index contributed by atoms with van der Waals surface area (Å²) in [6.45, 7) is 2.45. The molecule has 2 aromatic carbocycles. The van der Waals surface area contributed by atoms with E-state index in [0.717, 1.165) is 30.5 Å². The first-order valence-electron chi connectivity index (χ1n) is 11.9. The van der Waals surface area contributed by atoms with Crippen molar-refractivity contribution in [2.45, 2.75) is 44.4 Å². The fraction of sp³-hybridized carbons (Fsp3) is 0.462. The standard InChI is InChI=1S/C26H33N3O5/c27-12-21-11-23(30)9-6-18(21)7-10-24(31)13-28-25(32)19-2-4-20(5-3-19)26(33)29-14-17-1-8-22(29)16-34-15-17/h2-6,9,11,17,22,24,30-31H,1,7-8,10,12-16,27H2,(H,28,32)/t17?,22?,24-/m0/s1. The molecule has 5 rings (SSSR count). The van der Waals surface area contributed by atoms with Gasteiger partial charge in [0.1, 0.15) is 5.75 Å². The number of carbonyl (C=O) groups is 2. The number of ether oxygens (including phenoxy) is 1. The van der Waals surface area contributed by atoms with E-state index in [2.05, 4.69) is 5.32 Å². The Bertz CT molecular complexity index is 1010. The third-order valence-electron chi connectivity index (χ3n) is 6.78. The molecule has 0 saturated carbocycles. The van der Waals surface area contributed by atoms with Gasteiger partial charge in [0.2, 0.25) is 0 Å². The number of aryl methyl sites for hydroxylation is 1. The van der Waals surface area contributed by atoms with E-state index in [0.29, 0.717) is 49.6 Å². The number of amides is 2. The number of carbonyl (C=O) groups excluding carboxylic acids is 2. The molecule has 3 aliphatic heterocycles. The smallest absolute Gasteiger partial charge is 0.254 e. The molecule has 2 aromatic rings. The molecule has 0 aromatic heterocycles. The van der Waals surface area contributed by atoms with Crippen molar-refractivity contribution in [1.82, 2.24) is 10.2 Å². The predicted octanol–water partition coefficient (Wildman–Crippen LogP) is 1.83. The number of hydrogen-bond acceptors (Lipinski definition) is 6. The van der Waals surface area contributed by atoms with E-state index in [1.165, 1.54) is 0 Å². The fourth-order valence-corrected chi connectivity index (χ4v) is 4.74. The molecule has 2 unspecified atom stereocenters. The van der Waals surface area contributed by atoms with Gasteiger partial charge in [0, 0.05) is 30.8 Å². The first-order chi connectivity index (χ1) is 16.4. The number of piperidine rings is 1. The molecular weight excluding hydrogens is 434 g/mol. The summed E-state index contributed by atoms with van der Waals surface area (Å²) in [4.78, 5) is 27.4. The van der Waals surface area contributed by atoms with Crippen LogP contribution < -0.4 is 11.1 Å². The van der Waals surface area contributed by atoms with Crippen molar-refractivity contribution < 1.29 is 24.5 Å². The molecule has 2 amide bonds. The molecule has 182 valence electrons. The lowest BCUT2D eigenvalue weighted by Crippen LogP contribution is -2.46. The van der Waals surface area contributed by atoms with Crippen LogP contribution in [0.25, 0.3) is 0 Å². The van der Waals surface area contributed by atoms with Crippen molar-refractivity contribution in [3.05, 3.63) is 64.7 Å². The van der Waals surface area contributed by atoms with Gasteiger partial charge < -0.3 is 30.9 Å². The number of fused-ring (bicyclic) bond motifs is 4. The van der Waals surface area contributed by atoms with E-state index in [9.17, 15) is 19.8 Å². The Morgan fingerprint density at radius 3 is 2.62 bits per heavy atom. The average molecular weight is 468 g/mol. The Kier molecular flexibility index (Phi) is 7.82. The van der Waals surface area contributed by atoms with Crippen LogP contribution in [0.2, 0.25) is 0 Å². The third kappa shape index (κ3) is 5.75. The molecule has 3 fully saturated rings. The van der Waals surface area contributed by atoms with Crippen LogP contribution >= 0.6 is 0 Å². The Balaban J connectivity index is 1.27. The number of aromatic hydroxyl groups is 1. The number of aliphatic hydroxyl groups excluding tert-OH is 1. The lowest BCUT2D eigenvalue weighted by Gasteiger charge is -2.35. The largest absolute Gasteiger partial charge is 0.508 e. The Morgan fingerprint density at radius 2 is 1.85 bits per heavy atom. The number of nitrogens with two attached hydrogens (primary N) is 1. The summed E-state index contributed by atoms with van der Waals surface area (Å²) in [5.41, 5.74) is 8.53. The molecule has 3 atom stereocenters. The maximum absolute atomic E-state index is 13.0. The van der Waals surface area contributed by atoms with Gasteiger partial charge in [0.25, 0.3) is 11.8 Å². The van der Waals surface area contributed by atoms with E-state index < -0.39 is 6.10 Å². The fourth-order valence-electron chi connectivity index (χ4n) is 4.74. The van der Waals surface area contributed by atoms with Gasteiger partial charge in [-0.25, -0.2) is 0 Å². The van der Waals surface area contributed by atoms with E-state index >= 15 is 0 Å². The molecule has 3 saturated heterocycles. The zero-order valence-corrected chi connectivity index (χ0v) is 19.3. The summed E-state index contributed by atoms with van der Waals surface area (Å²) in [7, 11) is 0. The van der Waals surface area contributed by atoms with Crippen molar-refractivity contribution >= 4 is 11.8 Å². The molecule has 3 heterocycles. The summed E-state index contributed by atoms with van der Waals surface area (Å²) in [5, 5.41) is 22.6. The molecule has 8 nitrogen and oxygen atoms in total. The van der Waals surface area contributed by atoms with Crippen molar-refractivity contribution in [3.8, 4) is 5.75 Å². The first kappa shape index (κ1) is 24.2. The van der Waals surface area contributed by atoms with Crippen molar-refractivity contribution in [2.24, 2.45) is 11.7 Å². The van der Waals surface area contributed by atoms with Crippen LogP contribution in [0, 0.1) is 5.92 Å². The van der Waals surface area contributed by atoms with Crippen LogP contribution in [-0.2, 0) is 17.7 Å². The van der Waals surface area contributed by atoms with Crippen LogP contribution in [0.5, 0.6) is 5.75 Å². The van der Waals surface area contributed by atoms with Gasteiger partial charge in [0.15, 0.2) is 0 Å². The van der Waals surface area contributed by atoms with E-state index in [4.69, 9.17) is 10.5 Å². The quantitative estimate of drug-likeness (QED) is 0.469. The minimum atomic E-state index is -0.718. The normalized spacial score (nSPS) is 20.6. The minimum absolute atomic E-state index is 0.0198. The lowest BCUT2D eigenvalue weighted by atomic mass is 9.94. The van der Waals surface area contributed by atoms with Gasteiger partial charge in [-0.15, -0.1) is 0 Å². The number of phenols is 1. The number of benzene rings is 2. The summed E-state index contributed by atoms with van der Waals surface area (Å²) >= 11 is 0. The first-order valence-corrected chi connectivity index (χ1v) is 11.9. The molecular formula is C26H33N3O5. The SMILES string of the molecule is NCc1cc(O)ccc1CC[C@H](O)CNC(=O)c1ccc(C(=O)N2CC3CCC2COC3)cc1. The van der Waals surface area contributed by atoms with E-state index in [1.807, 2.05) is 4.90 Å². The molecule has 2 bridgehead atoms. The van der Waals surface area contributed by atoms with Crippen LogP contribution in [0.3, 0.4) is 0 Å². The Hall–Kier alpha value is -2.94. The second-order valence-corrected chi connectivity index (χ2v) is 9.23. The summed E-state index contributed by atoms with van der Waals surface area (Å²) in [6, 6.07) is 11.8. The average Bonchev–Trinajstić information content (AvgIpc) is 3.22. The van der Waals surface area contributed by atoms with Crippen LogP contribution in [0.15, 0.2) is 42.5 Å². The second kappa shape index (κ2) is 11.0. The molecule has 0 radical (unpaired) electrons. The lowest BCUT2D eigenvalue weighted by molar-refractivity contribution is 0.0559. The number of nitrogens with one attached hydrogen (secondary N) is 1. The van der Waals surface area contributed by atoms with E-state index in [1.54, 1.807) is 42.5 Å². The van der Waals surface area contributed by atoms with Gasteiger partial charge in [-0.1, -0.05) is 6.07 Å². The zero-order chi connectivity index (χ0) is 24.1. The topological polar surface area (TPSA) is 125 Å². The highest BCUT2D eigenvalue weighted by Gasteiger charge is 2.35. The highest BCUT2D eigenvalue weighted by Crippen LogP contribution is 2.28. The second-order valence-electron chi connectivity index (χ2n) is 9.23. The maximum Gasteiger partial charge on any atom is 0.254 e. The maximum atomic E-state index is 13.0. The van der Waals surface area contributed by atoms with Gasteiger partial charge in [0.05, 0.1) is 25.4 Å². The summed E-state index contributed by atoms with van der Waals surface area (Å²) in [6.07, 6.45) is 2.39. The highest BCUT2D eigenvalue weighted by molar-refractivity contribution is 5.98. The van der Waals surface area contributed by atoms with Gasteiger partial charge in [-0.05, 0) is 79.1 Å².